The van der Waals surface area contributed by atoms with Crippen molar-refractivity contribution in [3.05, 3.63) is 18.2 Å². The van der Waals surface area contributed by atoms with Gasteiger partial charge in [0.05, 0.1) is 16.3 Å². The minimum Gasteiger partial charge on any atom is -0.324 e. The number of rotatable bonds is 3. The molecule has 1 aromatic rings. The minimum absolute atomic E-state index is 0.00216. The van der Waals surface area contributed by atoms with Crippen LogP contribution >= 0.6 is 0 Å². The van der Waals surface area contributed by atoms with Crippen LogP contribution in [0.1, 0.15) is 6.42 Å². The summed E-state index contributed by atoms with van der Waals surface area (Å²) < 4.78 is 61.6. The zero-order chi connectivity index (χ0) is 17.4. The Bertz CT molecular complexity index is 761. The summed E-state index contributed by atoms with van der Waals surface area (Å²) in [5.74, 6) is -1.23. The average Bonchev–Trinajstić information content (AvgIpc) is 2.51. The van der Waals surface area contributed by atoms with Crippen LogP contribution < -0.4 is 10.6 Å². The number of amides is 2. The van der Waals surface area contributed by atoms with Gasteiger partial charge in [-0.15, -0.1) is 0 Å². The molecule has 0 aliphatic carbocycles. The monoisotopic (exact) mass is 351 g/mol. The Labute approximate surface area is 129 Å². The van der Waals surface area contributed by atoms with E-state index in [0.717, 1.165) is 19.2 Å². The van der Waals surface area contributed by atoms with Crippen molar-refractivity contribution in [3.8, 4) is 0 Å². The molecule has 2 rings (SSSR count). The number of hydrogen-bond acceptors (Lipinski definition) is 4. The fourth-order valence-electron chi connectivity index (χ4n) is 1.95. The van der Waals surface area contributed by atoms with Crippen molar-refractivity contribution in [2.24, 2.45) is 0 Å². The maximum Gasteiger partial charge on any atom is 0.402 e. The van der Waals surface area contributed by atoms with Crippen LogP contribution in [0.5, 0.6) is 0 Å². The lowest BCUT2D eigenvalue weighted by Gasteiger charge is -2.19. The molecular formula is C12H12F3N3O4S. The number of halogens is 3. The second-order valence-corrected chi connectivity index (χ2v) is 6.90. The first kappa shape index (κ1) is 17.2. The van der Waals surface area contributed by atoms with Crippen LogP contribution in [0.2, 0.25) is 0 Å². The average molecular weight is 351 g/mol. The van der Waals surface area contributed by atoms with Gasteiger partial charge in [-0.05, 0) is 18.2 Å². The number of sulfonamides is 1. The van der Waals surface area contributed by atoms with E-state index in [1.807, 2.05) is 0 Å². The molecule has 0 unspecified atom stereocenters. The first-order valence-electron chi connectivity index (χ1n) is 6.26. The molecule has 0 saturated carbocycles. The predicted octanol–water partition coefficient (Wildman–Crippen LogP) is 1.15. The summed E-state index contributed by atoms with van der Waals surface area (Å²) in [6.07, 6.45) is -5.12. The van der Waals surface area contributed by atoms with E-state index in [4.69, 9.17) is 0 Å². The number of carbonyl (C=O) groups excluding carboxylic acids is 2. The molecule has 23 heavy (non-hydrogen) atoms. The lowest BCUT2D eigenvalue weighted by molar-refractivity contribution is -0.134. The third-order valence-corrected chi connectivity index (χ3v) is 4.77. The van der Waals surface area contributed by atoms with E-state index < -0.39 is 45.9 Å². The van der Waals surface area contributed by atoms with Crippen molar-refractivity contribution >= 4 is 33.2 Å². The Morgan fingerprint density at radius 1 is 1.13 bits per heavy atom. The molecule has 0 saturated heterocycles. The normalized spacial score (nSPS) is 15.7. The highest BCUT2D eigenvalue weighted by molar-refractivity contribution is 7.89. The van der Waals surface area contributed by atoms with E-state index in [2.05, 4.69) is 10.6 Å². The quantitative estimate of drug-likeness (QED) is 0.799. The summed E-state index contributed by atoms with van der Waals surface area (Å²) in [7, 11) is -3.60. The molecule has 0 fully saturated rings. The third kappa shape index (κ3) is 3.99. The third-order valence-electron chi connectivity index (χ3n) is 2.97. The molecule has 2 amide bonds. The Kier molecular flexibility index (Phi) is 4.35. The van der Waals surface area contributed by atoms with Gasteiger partial charge in [-0.2, -0.15) is 17.5 Å². The standard InChI is InChI=1S/C12H12F3N3O4S/c1-18(6-12(13,14)15)23(21,22)7-2-3-8-9(4-7)17-11(20)5-10(19)16-8/h2-4H,5-6H2,1H3,(H,16,19)(H,17,20). The van der Waals surface area contributed by atoms with Gasteiger partial charge < -0.3 is 10.6 Å². The molecular weight excluding hydrogens is 339 g/mol. The van der Waals surface area contributed by atoms with Crippen molar-refractivity contribution in [1.29, 1.82) is 0 Å². The van der Waals surface area contributed by atoms with E-state index in [-0.39, 0.29) is 15.7 Å². The van der Waals surface area contributed by atoms with Gasteiger partial charge in [-0.1, -0.05) is 0 Å². The van der Waals surface area contributed by atoms with Crippen molar-refractivity contribution in [2.75, 3.05) is 24.2 Å². The van der Waals surface area contributed by atoms with Crippen molar-refractivity contribution in [2.45, 2.75) is 17.5 Å². The molecule has 7 nitrogen and oxygen atoms in total. The Hall–Kier alpha value is -2.14. The highest BCUT2D eigenvalue weighted by Crippen LogP contribution is 2.29. The van der Waals surface area contributed by atoms with E-state index in [1.165, 1.54) is 6.07 Å². The van der Waals surface area contributed by atoms with Crippen LogP contribution in [-0.4, -0.2) is 44.3 Å². The molecule has 1 heterocycles. The maximum atomic E-state index is 12.4. The number of nitrogens with zero attached hydrogens (tertiary/aromatic N) is 1. The molecule has 11 heteroatoms. The molecule has 126 valence electrons. The molecule has 2 N–H and O–H groups in total. The van der Waals surface area contributed by atoms with Gasteiger partial charge in [-0.3, -0.25) is 9.59 Å². The number of benzene rings is 1. The highest BCUT2D eigenvalue weighted by Gasteiger charge is 2.35. The highest BCUT2D eigenvalue weighted by atomic mass is 32.2. The maximum absolute atomic E-state index is 12.4. The van der Waals surface area contributed by atoms with Crippen LogP contribution in [0, 0.1) is 0 Å². The summed E-state index contributed by atoms with van der Waals surface area (Å²) in [5.41, 5.74) is 0.167. The van der Waals surface area contributed by atoms with E-state index in [0.29, 0.717) is 0 Å². The van der Waals surface area contributed by atoms with E-state index >= 15 is 0 Å². The topological polar surface area (TPSA) is 95.6 Å². The van der Waals surface area contributed by atoms with Crippen LogP contribution in [0.4, 0.5) is 24.5 Å². The minimum atomic E-state index is -4.68. The second-order valence-electron chi connectivity index (χ2n) is 4.86. The number of fused-ring (bicyclic) bond motifs is 1. The summed E-state index contributed by atoms with van der Waals surface area (Å²) in [6.45, 7) is -1.64. The number of nitrogens with one attached hydrogen (secondary N) is 2. The second kappa shape index (κ2) is 5.81. The lowest BCUT2D eigenvalue weighted by Crippen LogP contribution is -2.35. The molecule has 0 spiro atoms. The predicted molar refractivity (Wildman–Crippen MR) is 74.2 cm³/mol. The Morgan fingerprint density at radius 3 is 2.26 bits per heavy atom. The van der Waals surface area contributed by atoms with E-state index in [9.17, 15) is 31.2 Å². The van der Waals surface area contributed by atoms with Crippen LogP contribution in [0.3, 0.4) is 0 Å². The number of anilines is 2. The summed E-state index contributed by atoms with van der Waals surface area (Å²) in [4.78, 5) is 22.4. The smallest absolute Gasteiger partial charge is 0.324 e. The van der Waals surface area contributed by atoms with Crippen molar-refractivity contribution in [1.82, 2.24) is 4.31 Å². The lowest BCUT2D eigenvalue weighted by atomic mass is 10.2. The number of hydrogen-bond donors (Lipinski definition) is 2. The van der Waals surface area contributed by atoms with Crippen molar-refractivity contribution in [3.63, 3.8) is 0 Å². The molecule has 0 aromatic heterocycles. The van der Waals surface area contributed by atoms with Gasteiger partial charge in [0.15, 0.2) is 0 Å². The summed E-state index contributed by atoms with van der Waals surface area (Å²) >= 11 is 0. The van der Waals surface area contributed by atoms with Gasteiger partial charge in [0, 0.05) is 7.05 Å². The number of alkyl halides is 3. The molecule has 1 aromatic carbocycles. The Morgan fingerprint density at radius 2 is 1.70 bits per heavy atom. The molecule has 0 radical (unpaired) electrons. The van der Waals surface area contributed by atoms with Gasteiger partial charge in [0.2, 0.25) is 21.8 Å². The van der Waals surface area contributed by atoms with Crippen molar-refractivity contribution < 1.29 is 31.2 Å². The van der Waals surface area contributed by atoms with Gasteiger partial charge >= 0.3 is 6.18 Å². The first-order chi connectivity index (χ1) is 10.5. The SMILES string of the molecule is CN(CC(F)(F)F)S(=O)(=O)c1ccc2c(c1)NC(=O)CC(=O)N2. The number of carbonyl (C=O) groups is 2. The van der Waals surface area contributed by atoms with E-state index in [1.54, 1.807) is 0 Å². The Balaban J connectivity index is 2.38. The zero-order valence-corrected chi connectivity index (χ0v) is 12.6. The molecule has 0 bridgehead atoms. The molecule has 1 aliphatic heterocycles. The fourth-order valence-corrected chi connectivity index (χ4v) is 3.13. The summed E-state index contributed by atoms with van der Waals surface area (Å²) in [5, 5.41) is 4.71. The molecule has 0 atom stereocenters. The first-order valence-corrected chi connectivity index (χ1v) is 7.70. The van der Waals surface area contributed by atoms with Crippen LogP contribution in [0.25, 0.3) is 0 Å². The largest absolute Gasteiger partial charge is 0.402 e. The van der Waals surface area contributed by atoms with Gasteiger partial charge in [0.1, 0.15) is 13.0 Å². The van der Waals surface area contributed by atoms with Crippen LogP contribution in [-0.2, 0) is 19.6 Å². The molecule has 1 aliphatic rings. The fraction of sp³-hybridized carbons (Fsp3) is 0.333. The zero-order valence-electron chi connectivity index (χ0n) is 11.8. The van der Waals surface area contributed by atoms with Crippen LogP contribution in [0.15, 0.2) is 23.1 Å². The van der Waals surface area contributed by atoms with Gasteiger partial charge in [-0.25, -0.2) is 8.42 Å². The van der Waals surface area contributed by atoms with Gasteiger partial charge in [0.25, 0.3) is 0 Å². The summed E-state index contributed by atoms with van der Waals surface area (Å²) in [6, 6.07) is 3.26.